The summed E-state index contributed by atoms with van der Waals surface area (Å²) in [6.45, 7) is 1.02. The summed E-state index contributed by atoms with van der Waals surface area (Å²) in [7, 11) is 1.36. The van der Waals surface area contributed by atoms with Gasteiger partial charge in [-0.2, -0.15) is 0 Å². The summed E-state index contributed by atoms with van der Waals surface area (Å²) in [4.78, 5) is 38.2. The van der Waals surface area contributed by atoms with E-state index in [1.165, 1.54) is 18.2 Å². The lowest BCUT2D eigenvalue weighted by Crippen LogP contribution is -2.44. The summed E-state index contributed by atoms with van der Waals surface area (Å²) in [6.07, 6.45) is 0.455. The fraction of sp³-hybridized carbons (Fsp3) is 0.423. The Kier molecular flexibility index (Phi) is 5.77. The lowest BCUT2D eigenvalue weighted by molar-refractivity contribution is -0.161. The van der Waals surface area contributed by atoms with Crippen molar-refractivity contribution in [1.29, 1.82) is 0 Å². The van der Waals surface area contributed by atoms with Crippen LogP contribution in [-0.2, 0) is 19.1 Å². The molecule has 5 rings (SSSR count). The van der Waals surface area contributed by atoms with Crippen LogP contribution >= 0.6 is 0 Å². The minimum Gasteiger partial charge on any atom is -0.479 e. The number of nitrogens with zero attached hydrogens (tertiary/aromatic N) is 1. The van der Waals surface area contributed by atoms with Gasteiger partial charge in [0.25, 0.3) is 0 Å². The van der Waals surface area contributed by atoms with E-state index in [-0.39, 0.29) is 43.2 Å². The second kappa shape index (κ2) is 8.76. The molecule has 1 heterocycles. The average molecular weight is 465 g/mol. The van der Waals surface area contributed by atoms with Gasteiger partial charge < -0.3 is 24.8 Å². The zero-order chi connectivity index (χ0) is 23.9. The van der Waals surface area contributed by atoms with Gasteiger partial charge in [0, 0.05) is 38.5 Å². The van der Waals surface area contributed by atoms with Crippen molar-refractivity contribution in [1.82, 2.24) is 10.2 Å². The maximum absolute atomic E-state index is 12.8. The first-order valence-electron chi connectivity index (χ1n) is 11.6. The predicted octanol–water partition coefficient (Wildman–Crippen LogP) is 2.86. The van der Waals surface area contributed by atoms with E-state index in [0.717, 1.165) is 11.1 Å². The van der Waals surface area contributed by atoms with Crippen molar-refractivity contribution in [2.24, 2.45) is 11.8 Å². The van der Waals surface area contributed by atoms with Crippen molar-refractivity contribution in [2.75, 3.05) is 33.4 Å². The van der Waals surface area contributed by atoms with Crippen LogP contribution in [0.2, 0.25) is 0 Å². The van der Waals surface area contributed by atoms with Gasteiger partial charge in [-0.05, 0) is 34.6 Å². The zero-order valence-corrected chi connectivity index (χ0v) is 19.0. The molecule has 2 N–H and O–H groups in total. The van der Waals surface area contributed by atoms with Crippen LogP contribution in [0.4, 0.5) is 4.79 Å². The van der Waals surface area contributed by atoms with E-state index in [9.17, 15) is 19.5 Å². The molecule has 8 heteroatoms. The van der Waals surface area contributed by atoms with Gasteiger partial charge in [-0.25, -0.2) is 9.59 Å². The third-order valence-corrected chi connectivity index (χ3v) is 7.42. The van der Waals surface area contributed by atoms with Gasteiger partial charge >= 0.3 is 12.1 Å². The van der Waals surface area contributed by atoms with Gasteiger partial charge in [-0.15, -0.1) is 0 Å². The number of rotatable bonds is 7. The monoisotopic (exact) mass is 464 g/mol. The Morgan fingerprint density at radius 3 is 2.32 bits per heavy atom. The molecule has 1 saturated heterocycles. The molecule has 1 unspecified atom stereocenters. The van der Waals surface area contributed by atoms with Crippen molar-refractivity contribution >= 4 is 18.0 Å². The molecular formula is C26H28N2O6. The highest BCUT2D eigenvalue weighted by atomic mass is 16.5. The number of hydrogen-bond donors (Lipinski definition) is 2. The number of likely N-dealkylation sites (tertiary alicyclic amines) is 1. The molecule has 2 amide bonds. The SMILES string of the molecule is COC1(C(=O)O)CCN(C(=O)[C@@H]2C[C@@H]2CNC(=O)OCC2c3ccccc3-c3ccccc32)C1. The van der Waals surface area contributed by atoms with E-state index >= 15 is 0 Å². The molecule has 2 aliphatic carbocycles. The third kappa shape index (κ3) is 3.92. The lowest BCUT2D eigenvalue weighted by Gasteiger charge is -2.23. The summed E-state index contributed by atoms with van der Waals surface area (Å²) in [5.41, 5.74) is 3.34. The van der Waals surface area contributed by atoms with E-state index < -0.39 is 17.7 Å². The Labute approximate surface area is 197 Å². The highest BCUT2D eigenvalue weighted by molar-refractivity contribution is 5.85. The Hall–Kier alpha value is -3.39. The first-order chi connectivity index (χ1) is 16.4. The molecule has 2 aromatic rings. The van der Waals surface area contributed by atoms with Crippen LogP contribution in [0.15, 0.2) is 48.5 Å². The van der Waals surface area contributed by atoms with Crippen LogP contribution in [-0.4, -0.2) is 66.9 Å². The van der Waals surface area contributed by atoms with E-state index in [0.29, 0.717) is 19.5 Å². The molecule has 2 fully saturated rings. The predicted molar refractivity (Wildman–Crippen MR) is 123 cm³/mol. The van der Waals surface area contributed by atoms with E-state index in [4.69, 9.17) is 9.47 Å². The second-order valence-corrected chi connectivity index (χ2v) is 9.32. The molecule has 178 valence electrons. The van der Waals surface area contributed by atoms with Gasteiger partial charge in [-0.3, -0.25) is 4.79 Å². The van der Waals surface area contributed by atoms with Gasteiger partial charge in [0.1, 0.15) is 6.61 Å². The highest BCUT2D eigenvalue weighted by Crippen LogP contribution is 2.44. The third-order valence-electron chi connectivity index (χ3n) is 7.42. The van der Waals surface area contributed by atoms with E-state index in [2.05, 4.69) is 29.6 Å². The Bertz CT molecular complexity index is 1090. The minimum atomic E-state index is -1.32. The fourth-order valence-corrected chi connectivity index (χ4v) is 5.27. The summed E-state index contributed by atoms with van der Waals surface area (Å²) >= 11 is 0. The highest BCUT2D eigenvalue weighted by Gasteiger charge is 2.51. The van der Waals surface area contributed by atoms with E-state index in [1.54, 1.807) is 4.90 Å². The summed E-state index contributed by atoms with van der Waals surface area (Å²) in [5, 5.41) is 12.2. The number of benzene rings is 2. The van der Waals surface area contributed by atoms with Crippen molar-refractivity contribution in [2.45, 2.75) is 24.4 Å². The molecule has 2 aromatic carbocycles. The number of carboxylic acid groups (broad SMARTS) is 1. The Morgan fingerprint density at radius 2 is 1.74 bits per heavy atom. The maximum Gasteiger partial charge on any atom is 0.407 e. The number of carbonyl (C=O) groups excluding carboxylic acids is 2. The molecule has 0 spiro atoms. The number of carboxylic acids is 1. The first-order valence-corrected chi connectivity index (χ1v) is 11.6. The summed E-state index contributed by atoms with van der Waals surface area (Å²) in [6, 6.07) is 16.3. The van der Waals surface area contributed by atoms with Gasteiger partial charge in [0.05, 0.1) is 6.54 Å². The number of methoxy groups -OCH3 is 1. The van der Waals surface area contributed by atoms with Crippen molar-refractivity contribution in [3.05, 3.63) is 59.7 Å². The zero-order valence-electron chi connectivity index (χ0n) is 19.0. The number of fused-ring (bicyclic) bond motifs is 3. The Morgan fingerprint density at radius 1 is 1.09 bits per heavy atom. The average Bonchev–Trinajstić information content (AvgIpc) is 3.37. The summed E-state index contributed by atoms with van der Waals surface area (Å²) in [5.74, 6) is -1.28. The molecule has 1 aliphatic heterocycles. The molecule has 0 aromatic heterocycles. The topological polar surface area (TPSA) is 105 Å². The fourth-order valence-electron chi connectivity index (χ4n) is 5.27. The Balaban J connectivity index is 1.10. The number of carbonyl (C=O) groups is 3. The standard InChI is InChI=1S/C26H28N2O6/c1-33-26(24(30)31)10-11-28(15-26)23(29)21-12-16(21)13-27-25(32)34-14-22-19-8-4-2-6-17(19)18-7-3-5-9-20(18)22/h2-9,16,21-22H,10-15H2,1H3,(H,27,32)(H,30,31)/t16-,21-,26?/m1/s1. The van der Waals surface area contributed by atoms with Crippen LogP contribution in [0.3, 0.4) is 0 Å². The normalized spacial score (nSPS) is 24.9. The number of ether oxygens (including phenoxy) is 2. The number of hydrogen-bond acceptors (Lipinski definition) is 5. The minimum absolute atomic E-state index is 0.00106. The van der Waals surface area contributed by atoms with Crippen LogP contribution in [0.5, 0.6) is 0 Å². The molecule has 1 saturated carbocycles. The van der Waals surface area contributed by atoms with E-state index in [1.807, 2.05) is 24.3 Å². The van der Waals surface area contributed by atoms with Crippen LogP contribution in [0.25, 0.3) is 11.1 Å². The van der Waals surface area contributed by atoms with Gasteiger partial charge in [0.2, 0.25) is 5.91 Å². The number of amides is 2. The molecule has 34 heavy (non-hydrogen) atoms. The molecule has 3 aliphatic rings. The molecule has 0 bridgehead atoms. The van der Waals surface area contributed by atoms with Crippen molar-refractivity contribution in [3.63, 3.8) is 0 Å². The molecule has 0 radical (unpaired) electrons. The van der Waals surface area contributed by atoms with Crippen LogP contribution in [0, 0.1) is 11.8 Å². The first kappa shape index (κ1) is 22.4. The number of aliphatic carboxylic acids is 1. The summed E-state index contributed by atoms with van der Waals surface area (Å²) < 4.78 is 10.7. The smallest absolute Gasteiger partial charge is 0.407 e. The maximum atomic E-state index is 12.8. The van der Waals surface area contributed by atoms with Crippen LogP contribution < -0.4 is 5.32 Å². The molecular weight excluding hydrogens is 436 g/mol. The lowest BCUT2D eigenvalue weighted by atomic mass is 9.98. The van der Waals surface area contributed by atoms with Crippen molar-refractivity contribution < 1.29 is 29.0 Å². The quantitative estimate of drug-likeness (QED) is 0.653. The van der Waals surface area contributed by atoms with Gasteiger partial charge in [-0.1, -0.05) is 48.5 Å². The number of alkyl carbamates (subject to hydrolysis) is 1. The second-order valence-electron chi connectivity index (χ2n) is 9.32. The van der Waals surface area contributed by atoms with Gasteiger partial charge in [0.15, 0.2) is 5.60 Å². The number of nitrogens with one attached hydrogen (secondary N) is 1. The largest absolute Gasteiger partial charge is 0.479 e. The molecule has 8 nitrogen and oxygen atoms in total. The molecule has 3 atom stereocenters. The van der Waals surface area contributed by atoms with Crippen molar-refractivity contribution in [3.8, 4) is 11.1 Å². The van der Waals surface area contributed by atoms with Crippen LogP contribution in [0.1, 0.15) is 29.9 Å².